The van der Waals surface area contributed by atoms with Crippen LogP contribution in [0.4, 0.5) is 21.5 Å². The van der Waals surface area contributed by atoms with E-state index in [2.05, 4.69) is 10.6 Å². The van der Waals surface area contributed by atoms with E-state index in [-0.39, 0.29) is 15.7 Å². The zero-order valence-electron chi connectivity index (χ0n) is 11.9. The number of hydrogen-bond donors (Lipinski definition) is 3. The third-order valence-corrected chi connectivity index (χ3v) is 3.97. The van der Waals surface area contributed by atoms with Gasteiger partial charge in [-0.25, -0.2) is 13.6 Å². The van der Waals surface area contributed by atoms with Crippen molar-refractivity contribution in [1.29, 1.82) is 0 Å². The van der Waals surface area contributed by atoms with Gasteiger partial charge in [0.05, 0.1) is 9.82 Å². The van der Waals surface area contributed by atoms with Crippen LogP contribution >= 0.6 is 12.2 Å². The van der Waals surface area contributed by atoms with Gasteiger partial charge in [0, 0.05) is 17.4 Å². The van der Waals surface area contributed by atoms with Crippen molar-refractivity contribution >= 4 is 44.4 Å². The standard InChI is InChI=1S/C13H11FN4O4S2/c14-11-6-3-9(7-12(11)18(19)20)17-13(23)16-8-1-4-10(5-2-8)24(15,21)22/h1-7H,(H2,15,21,22)(H2,16,17,23). The van der Waals surface area contributed by atoms with E-state index >= 15 is 0 Å². The van der Waals surface area contributed by atoms with Crippen LogP contribution in [0.15, 0.2) is 47.4 Å². The normalized spacial score (nSPS) is 10.9. The van der Waals surface area contributed by atoms with E-state index < -0.39 is 26.5 Å². The Hall–Kier alpha value is -2.63. The second kappa shape index (κ2) is 6.86. The van der Waals surface area contributed by atoms with Gasteiger partial charge in [-0.1, -0.05) is 0 Å². The smallest absolute Gasteiger partial charge is 0.306 e. The second-order valence-electron chi connectivity index (χ2n) is 4.57. The van der Waals surface area contributed by atoms with Crippen molar-refractivity contribution in [2.75, 3.05) is 10.6 Å². The molecule has 0 saturated carbocycles. The number of nitrogens with one attached hydrogen (secondary N) is 2. The maximum atomic E-state index is 13.3. The molecule has 0 aliphatic heterocycles. The summed E-state index contributed by atoms with van der Waals surface area (Å²) in [5.74, 6) is -0.956. The highest BCUT2D eigenvalue weighted by Crippen LogP contribution is 2.22. The second-order valence-corrected chi connectivity index (χ2v) is 6.54. The lowest BCUT2D eigenvalue weighted by Gasteiger charge is -2.11. The van der Waals surface area contributed by atoms with Crippen LogP contribution in [0.3, 0.4) is 0 Å². The molecule has 0 fully saturated rings. The van der Waals surface area contributed by atoms with Crippen LogP contribution < -0.4 is 15.8 Å². The third kappa shape index (κ3) is 4.44. The lowest BCUT2D eigenvalue weighted by molar-refractivity contribution is -0.387. The molecule has 0 radical (unpaired) electrons. The van der Waals surface area contributed by atoms with Gasteiger partial charge in [0.25, 0.3) is 0 Å². The number of rotatable bonds is 4. The fraction of sp³-hybridized carbons (Fsp3) is 0. The van der Waals surface area contributed by atoms with Gasteiger partial charge < -0.3 is 10.6 Å². The maximum absolute atomic E-state index is 13.3. The van der Waals surface area contributed by atoms with Gasteiger partial charge in [-0.15, -0.1) is 0 Å². The van der Waals surface area contributed by atoms with Crippen molar-refractivity contribution in [3.05, 3.63) is 58.4 Å². The van der Waals surface area contributed by atoms with Gasteiger partial charge >= 0.3 is 5.69 Å². The molecule has 8 nitrogen and oxygen atoms in total. The number of anilines is 2. The molecule has 126 valence electrons. The largest absolute Gasteiger partial charge is 0.332 e. The van der Waals surface area contributed by atoms with Gasteiger partial charge in [-0.2, -0.15) is 4.39 Å². The Balaban J connectivity index is 2.08. The minimum Gasteiger partial charge on any atom is -0.332 e. The molecule has 0 aliphatic rings. The predicted octanol–water partition coefficient (Wildman–Crippen LogP) is 2.19. The Kier molecular flexibility index (Phi) is 5.07. The zero-order valence-corrected chi connectivity index (χ0v) is 13.5. The summed E-state index contributed by atoms with van der Waals surface area (Å²) in [6.45, 7) is 0. The molecule has 0 atom stereocenters. The average molecular weight is 370 g/mol. The lowest BCUT2D eigenvalue weighted by Crippen LogP contribution is -2.19. The maximum Gasteiger partial charge on any atom is 0.306 e. The molecule has 0 saturated heterocycles. The number of nitro groups is 1. The Morgan fingerprint density at radius 2 is 1.67 bits per heavy atom. The molecule has 2 aromatic rings. The summed E-state index contributed by atoms with van der Waals surface area (Å²) in [4.78, 5) is 9.79. The summed E-state index contributed by atoms with van der Waals surface area (Å²) in [5.41, 5.74) is 0.0126. The predicted molar refractivity (Wildman–Crippen MR) is 90.7 cm³/mol. The zero-order chi connectivity index (χ0) is 17.9. The number of hydrogen-bond acceptors (Lipinski definition) is 5. The van der Waals surface area contributed by atoms with E-state index in [0.29, 0.717) is 5.69 Å². The minimum atomic E-state index is -3.79. The molecule has 0 amide bonds. The van der Waals surface area contributed by atoms with Crippen LogP contribution in [0.2, 0.25) is 0 Å². The number of sulfonamides is 1. The van der Waals surface area contributed by atoms with Crippen molar-refractivity contribution in [1.82, 2.24) is 0 Å². The molecule has 0 aromatic heterocycles. The highest BCUT2D eigenvalue weighted by molar-refractivity contribution is 7.89. The Labute approximate surface area is 141 Å². The minimum absolute atomic E-state index is 0.0545. The number of nitrogens with zero attached hydrogens (tertiary/aromatic N) is 1. The number of nitrogens with two attached hydrogens (primary N) is 1. The summed E-state index contributed by atoms with van der Waals surface area (Å²) in [7, 11) is -3.79. The van der Waals surface area contributed by atoms with Crippen LogP contribution in [0.1, 0.15) is 0 Å². The van der Waals surface area contributed by atoms with E-state index in [9.17, 15) is 22.9 Å². The molecule has 0 spiro atoms. The molecule has 0 unspecified atom stereocenters. The average Bonchev–Trinajstić information content (AvgIpc) is 2.48. The van der Waals surface area contributed by atoms with Crippen molar-refractivity contribution in [2.45, 2.75) is 4.90 Å². The van der Waals surface area contributed by atoms with Crippen LogP contribution in [-0.2, 0) is 10.0 Å². The first kappa shape index (κ1) is 17.7. The fourth-order valence-electron chi connectivity index (χ4n) is 1.75. The Bertz CT molecular complexity index is 901. The molecule has 2 rings (SSSR count). The molecule has 24 heavy (non-hydrogen) atoms. The van der Waals surface area contributed by atoms with E-state index in [1.165, 1.54) is 30.3 Å². The molecule has 11 heteroatoms. The van der Waals surface area contributed by atoms with Gasteiger partial charge in [-0.3, -0.25) is 10.1 Å². The quantitative estimate of drug-likeness (QED) is 0.427. The highest BCUT2D eigenvalue weighted by atomic mass is 32.2. The number of benzene rings is 2. The van der Waals surface area contributed by atoms with Gasteiger partial charge in [0.2, 0.25) is 15.8 Å². The van der Waals surface area contributed by atoms with E-state index in [4.69, 9.17) is 17.4 Å². The Morgan fingerprint density at radius 3 is 2.21 bits per heavy atom. The number of primary sulfonamides is 1. The summed E-state index contributed by atoms with van der Waals surface area (Å²) in [6, 6.07) is 8.73. The molecule has 0 aliphatic carbocycles. The van der Waals surface area contributed by atoms with Crippen LogP contribution in [0.25, 0.3) is 0 Å². The van der Waals surface area contributed by atoms with Crippen LogP contribution in [-0.4, -0.2) is 18.5 Å². The third-order valence-electron chi connectivity index (χ3n) is 2.84. The van der Waals surface area contributed by atoms with Gasteiger partial charge in [0.1, 0.15) is 0 Å². The molecule has 2 aromatic carbocycles. The number of thiocarbonyl (C=S) groups is 1. The van der Waals surface area contributed by atoms with E-state index in [0.717, 1.165) is 12.1 Å². The van der Waals surface area contributed by atoms with Gasteiger partial charge in [0.15, 0.2) is 5.11 Å². The van der Waals surface area contributed by atoms with Crippen molar-refractivity contribution in [3.63, 3.8) is 0 Å². The number of nitro benzene ring substituents is 1. The summed E-state index contributed by atoms with van der Waals surface area (Å²) in [5, 5.41) is 21.2. The van der Waals surface area contributed by atoms with Crippen molar-refractivity contribution < 1.29 is 17.7 Å². The van der Waals surface area contributed by atoms with Gasteiger partial charge in [-0.05, 0) is 48.6 Å². The topological polar surface area (TPSA) is 127 Å². The SMILES string of the molecule is NS(=O)(=O)c1ccc(NC(=S)Nc2ccc(F)c([N+](=O)[O-])c2)cc1. The number of halogens is 1. The van der Waals surface area contributed by atoms with Crippen LogP contribution in [0.5, 0.6) is 0 Å². The molecule has 0 heterocycles. The molecular weight excluding hydrogens is 359 g/mol. The Morgan fingerprint density at radius 1 is 1.12 bits per heavy atom. The summed E-state index contributed by atoms with van der Waals surface area (Å²) >= 11 is 5.04. The van der Waals surface area contributed by atoms with Crippen molar-refractivity contribution in [2.24, 2.45) is 5.14 Å². The highest BCUT2D eigenvalue weighted by Gasteiger charge is 2.14. The van der Waals surface area contributed by atoms with E-state index in [1.54, 1.807) is 0 Å². The van der Waals surface area contributed by atoms with Crippen molar-refractivity contribution in [3.8, 4) is 0 Å². The van der Waals surface area contributed by atoms with E-state index in [1.807, 2.05) is 0 Å². The first-order valence-corrected chi connectivity index (χ1v) is 8.27. The summed E-state index contributed by atoms with van der Waals surface area (Å²) < 4.78 is 35.6. The summed E-state index contributed by atoms with van der Waals surface area (Å²) in [6.07, 6.45) is 0. The first-order valence-electron chi connectivity index (χ1n) is 6.31. The lowest BCUT2D eigenvalue weighted by atomic mass is 10.2. The monoisotopic (exact) mass is 370 g/mol. The van der Waals surface area contributed by atoms with Crippen LogP contribution in [0, 0.1) is 15.9 Å². The molecular formula is C13H11FN4O4S2. The molecule has 0 bridgehead atoms. The molecule has 4 N–H and O–H groups in total. The fourth-order valence-corrected chi connectivity index (χ4v) is 2.50. The first-order chi connectivity index (χ1) is 11.2.